The zero-order valence-electron chi connectivity index (χ0n) is 12.1. The molecule has 0 unspecified atom stereocenters. The van der Waals surface area contributed by atoms with E-state index in [1.54, 1.807) is 13.0 Å². The van der Waals surface area contributed by atoms with E-state index in [2.05, 4.69) is 28.2 Å². The van der Waals surface area contributed by atoms with Gasteiger partial charge in [-0.2, -0.15) is 0 Å². The molecule has 0 saturated heterocycles. The Kier molecular flexibility index (Phi) is 4.46. The van der Waals surface area contributed by atoms with Gasteiger partial charge in [-0.05, 0) is 42.9 Å². The van der Waals surface area contributed by atoms with Gasteiger partial charge in [0.25, 0.3) is 5.91 Å². The highest BCUT2D eigenvalue weighted by Gasteiger charge is 2.32. The number of halogens is 1. The van der Waals surface area contributed by atoms with Crippen molar-refractivity contribution in [2.75, 3.05) is 6.54 Å². The zero-order valence-corrected chi connectivity index (χ0v) is 14.5. The number of sulfonamides is 1. The number of primary sulfonamides is 1. The number of nitrogens with one attached hydrogen (secondary N) is 1. The van der Waals surface area contributed by atoms with Crippen LogP contribution >= 0.6 is 15.9 Å². The third kappa shape index (κ3) is 3.64. The zero-order chi connectivity index (χ0) is 15.8. The maximum absolute atomic E-state index is 12.2. The Morgan fingerprint density at radius 1 is 1.43 bits per heavy atom. The van der Waals surface area contributed by atoms with Crippen molar-refractivity contribution < 1.29 is 13.2 Å². The summed E-state index contributed by atoms with van der Waals surface area (Å²) in [5, 5.41) is 8.06. The van der Waals surface area contributed by atoms with Gasteiger partial charge in [0, 0.05) is 16.6 Å². The molecule has 1 amide bonds. The van der Waals surface area contributed by atoms with Gasteiger partial charge in [-0.1, -0.05) is 29.3 Å². The molecule has 1 aromatic carbocycles. The second kappa shape index (κ2) is 5.70. The lowest BCUT2D eigenvalue weighted by molar-refractivity contribution is 0.0890. The molecule has 1 aromatic rings. The summed E-state index contributed by atoms with van der Waals surface area (Å²) in [5.74, 6) is -0.284. The highest BCUT2D eigenvalue weighted by Crippen LogP contribution is 2.39. The van der Waals surface area contributed by atoms with Gasteiger partial charge in [-0.3, -0.25) is 4.79 Å². The van der Waals surface area contributed by atoms with Gasteiger partial charge in [0.2, 0.25) is 10.0 Å². The number of hydrogen-bond acceptors (Lipinski definition) is 3. The van der Waals surface area contributed by atoms with Crippen molar-refractivity contribution in [1.82, 2.24) is 5.32 Å². The van der Waals surface area contributed by atoms with Crippen molar-refractivity contribution in [2.45, 2.75) is 38.0 Å². The van der Waals surface area contributed by atoms with Gasteiger partial charge in [0.15, 0.2) is 0 Å². The van der Waals surface area contributed by atoms with Gasteiger partial charge >= 0.3 is 0 Å². The van der Waals surface area contributed by atoms with Gasteiger partial charge in [-0.25, -0.2) is 13.6 Å². The van der Waals surface area contributed by atoms with E-state index in [1.165, 1.54) is 12.5 Å². The van der Waals surface area contributed by atoms with Crippen LogP contribution in [0.15, 0.2) is 21.5 Å². The summed E-state index contributed by atoms with van der Waals surface area (Å²) in [5.41, 5.74) is 0.958. The number of rotatable bonds is 4. The Labute approximate surface area is 133 Å². The monoisotopic (exact) mass is 374 g/mol. The van der Waals surface area contributed by atoms with E-state index < -0.39 is 10.0 Å². The molecule has 5 nitrogen and oxygen atoms in total. The molecule has 0 heterocycles. The minimum Gasteiger partial charge on any atom is -0.351 e. The molecule has 1 aliphatic carbocycles. The Morgan fingerprint density at radius 3 is 2.52 bits per heavy atom. The molecule has 0 spiro atoms. The topological polar surface area (TPSA) is 89.3 Å². The van der Waals surface area contributed by atoms with Gasteiger partial charge in [-0.15, -0.1) is 0 Å². The SMILES string of the molecule is Cc1c(Br)cc(C(=O)NCC2(C)CCC2)cc1S(N)(=O)=O. The van der Waals surface area contributed by atoms with Crippen molar-refractivity contribution in [3.8, 4) is 0 Å². The Bertz CT molecular complexity index is 682. The fourth-order valence-electron chi connectivity index (χ4n) is 2.43. The van der Waals surface area contributed by atoms with Crippen molar-refractivity contribution in [3.05, 3.63) is 27.7 Å². The molecular weight excluding hydrogens is 356 g/mol. The summed E-state index contributed by atoms with van der Waals surface area (Å²) in [6, 6.07) is 2.94. The lowest BCUT2D eigenvalue weighted by atomic mass is 9.70. The third-order valence-corrected chi connectivity index (χ3v) is 5.96. The first-order valence-electron chi connectivity index (χ1n) is 6.74. The van der Waals surface area contributed by atoms with E-state index in [1.807, 2.05) is 0 Å². The molecule has 3 N–H and O–H groups in total. The third-order valence-electron chi connectivity index (χ3n) is 4.10. The van der Waals surface area contributed by atoms with Crippen molar-refractivity contribution in [2.24, 2.45) is 10.6 Å². The molecule has 1 fully saturated rings. The van der Waals surface area contributed by atoms with E-state index in [0.29, 0.717) is 22.1 Å². The van der Waals surface area contributed by atoms with Gasteiger partial charge in [0.1, 0.15) is 0 Å². The van der Waals surface area contributed by atoms with E-state index in [9.17, 15) is 13.2 Å². The fourth-order valence-corrected chi connectivity index (χ4v) is 3.85. The Balaban J connectivity index is 2.23. The van der Waals surface area contributed by atoms with Crippen LogP contribution in [0.25, 0.3) is 0 Å². The van der Waals surface area contributed by atoms with E-state index >= 15 is 0 Å². The molecular formula is C14H19BrN2O3S. The van der Waals surface area contributed by atoms with Crippen LogP contribution in [-0.2, 0) is 10.0 Å². The quantitative estimate of drug-likeness (QED) is 0.847. The summed E-state index contributed by atoms with van der Waals surface area (Å²) in [7, 11) is -3.86. The number of hydrogen-bond donors (Lipinski definition) is 2. The van der Waals surface area contributed by atoms with Crippen molar-refractivity contribution in [1.29, 1.82) is 0 Å². The summed E-state index contributed by atoms with van der Waals surface area (Å²) >= 11 is 3.27. The summed E-state index contributed by atoms with van der Waals surface area (Å²) in [6.45, 7) is 4.38. The van der Waals surface area contributed by atoms with Crippen LogP contribution in [0.4, 0.5) is 0 Å². The molecule has 1 aliphatic rings. The standard InChI is InChI=1S/C14H19BrN2O3S/c1-9-11(15)6-10(7-12(9)21(16,19)20)13(18)17-8-14(2)4-3-5-14/h6-7H,3-5,8H2,1-2H3,(H,17,18)(H2,16,19,20). The van der Waals surface area contributed by atoms with Crippen LogP contribution in [0, 0.1) is 12.3 Å². The average Bonchev–Trinajstić information content (AvgIpc) is 2.35. The van der Waals surface area contributed by atoms with Crippen LogP contribution in [0.1, 0.15) is 42.1 Å². The first-order chi connectivity index (χ1) is 9.62. The summed E-state index contributed by atoms with van der Waals surface area (Å²) in [4.78, 5) is 12.2. The molecule has 1 saturated carbocycles. The number of carbonyl (C=O) groups excluding carboxylic acids is 1. The molecule has 7 heteroatoms. The molecule has 0 aliphatic heterocycles. The number of carbonyl (C=O) groups is 1. The second-order valence-electron chi connectivity index (χ2n) is 5.97. The van der Waals surface area contributed by atoms with Crippen LogP contribution in [0.5, 0.6) is 0 Å². The van der Waals surface area contributed by atoms with Crippen LogP contribution in [0.3, 0.4) is 0 Å². The van der Waals surface area contributed by atoms with E-state index in [4.69, 9.17) is 5.14 Å². The molecule has 0 bridgehead atoms. The minimum atomic E-state index is -3.86. The highest BCUT2D eigenvalue weighted by molar-refractivity contribution is 9.10. The molecule has 21 heavy (non-hydrogen) atoms. The lowest BCUT2D eigenvalue weighted by Crippen LogP contribution is -2.40. The van der Waals surface area contributed by atoms with Crippen LogP contribution in [0.2, 0.25) is 0 Å². The largest absolute Gasteiger partial charge is 0.351 e. The van der Waals surface area contributed by atoms with E-state index in [-0.39, 0.29) is 16.2 Å². The van der Waals surface area contributed by atoms with Crippen LogP contribution < -0.4 is 10.5 Å². The first kappa shape index (κ1) is 16.5. The fraction of sp³-hybridized carbons (Fsp3) is 0.500. The normalized spacial score (nSPS) is 17.1. The van der Waals surface area contributed by atoms with Gasteiger partial charge in [0.05, 0.1) is 4.90 Å². The predicted molar refractivity (Wildman–Crippen MR) is 84.5 cm³/mol. The summed E-state index contributed by atoms with van der Waals surface area (Å²) in [6.07, 6.45) is 3.40. The lowest BCUT2D eigenvalue weighted by Gasteiger charge is -2.38. The van der Waals surface area contributed by atoms with Crippen molar-refractivity contribution >= 4 is 31.9 Å². The minimum absolute atomic E-state index is 0.0307. The first-order valence-corrected chi connectivity index (χ1v) is 9.07. The number of benzene rings is 1. The Morgan fingerprint density at radius 2 is 2.05 bits per heavy atom. The molecule has 0 radical (unpaired) electrons. The summed E-state index contributed by atoms with van der Waals surface area (Å²) < 4.78 is 23.7. The molecule has 2 rings (SSSR count). The Hall–Kier alpha value is -0.920. The maximum Gasteiger partial charge on any atom is 0.251 e. The maximum atomic E-state index is 12.2. The molecule has 116 valence electrons. The molecule has 0 atom stereocenters. The highest BCUT2D eigenvalue weighted by atomic mass is 79.9. The molecule has 0 aromatic heterocycles. The van der Waals surface area contributed by atoms with Gasteiger partial charge < -0.3 is 5.32 Å². The van der Waals surface area contributed by atoms with Crippen molar-refractivity contribution in [3.63, 3.8) is 0 Å². The average molecular weight is 375 g/mol. The van der Waals surface area contributed by atoms with E-state index in [0.717, 1.165) is 12.8 Å². The second-order valence-corrected chi connectivity index (χ2v) is 8.36. The number of nitrogens with two attached hydrogens (primary N) is 1. The number of amides is 1. The predicted octanol–water partition coefficient (Wildman–Crippen LogP) is 2.32. The smallest absolute Gasteiger partial charge is 0.251 e. The van der Waals surface area contributed by atoms with Crippen LogP contribution in [-0.4, -0.2) is 20.9 Å².